The van der Waals surface area contributed by atoms with E-state index in [1.807, 2.05) is 13.8 Å². The molecule has 1 rings (SSSR count). The van der Waals surface area contributed by atoms with Crippen LogP contribution in [-0.2, 0) is 0 Å². The number of benzene rings is 1. The summed E-state index contributed by atoms with van der Waals surface area (Å²) < 4.78 is 0. The number of nitrogens with two attached hydrogens (primary N) is 1. The third-order valence-corrected chi connectivity index (χ3v) is 2.11. The normalized spacial score (nSPS) is 13.2. The lowest BCUT2D eigenvalue weighted by molar-refractivity contribution is 0.407. The van der Waals surface area contributed by atoms with E-state index in [2.05, 4.69) is 0 Å². The van der Waals surface area contributed by atoms with Crippen LogP contribution < -0.4 is 5.73 Å². The highest BCUT2D eigenvalue weighted by atomic mass is 16.3. The zero-order valence-corrected chi connectivity index (χ0v) is 7.86. The largest absolute Gasteiger partial charge is 0.507 e. The molecule has 0 aromatic heterocycles. The van der Waals surface area contributed by atoms with Gasteiger partial charge in [0.15, 0.2) is 0 Å². The van der Waals surface area contributed by atoms with Crippen LogP contribution in [0.5, 0.6) is 11.5 Å². The standard InChI is InChI=1S/C10H15NO2/c1-6(2)10(11)9-7(12)4-3-5-8(9)13/h3-6,10,12-13H,11H2,1-2H3/t10-/m1/s1. The number of phenolic OH excluding ortho intramolecular Hbond substituents is 2. The molecular weight excluding hydrogens is 166 g/mol. The van der Waals surface area contributed by atoms with Gasteiger partial charge in [-0.15, -0.1) is 0 Å². The van der Waals surface area contributed by atoms with Gasteiger partial charge in [-0.25, -0.2) is 0 Å². The van der Waals surface area contributed by atoms with E-state index >= 15 is 0 Å². The molecule has 3 heteroatoms. The van der Waals surface area contributed by atoms with Crippen LogP contribution in [0.25, 0.3) is 0 Å². The molecule has 1 aromatic carbocycles. The Hall–Kier alpha value is -1.22. The van der Waals surface area contributed by atoms with E-state index in [4.69, 9.17) is 5.73 Å². The summed E-state index contributed by atoms with van der Waals surface area (Å²) in [5, 5.41) is 18.9. The summed E-state index contributed by atoms with van der Waals surface area (Å²) in [5.74, 6) is 0.293. The van der Waals surface area contributed by atoms with Gasteiger partial charge < -0.3 is 15.9 Å². The summed E-state index contributed by atoms with van der Waals surface area (Å²) in [5.41, 5.74) is 6.25. The highest BCUT2D eigenvalue weighted by Gasteiger charge is 2.17. The van der Waals surface area contributed by atoms with E-state index in [9.17, 15) is 10.2 Å². The van der Waals surface area contributed by atoms with Crippen LogP contribution in [-0.4, -0.2) is 10.2 Å². The number of hydrogen-bond donors (Lipinski definition) is 3. The van der Waals surface area contributed by atoms with Crippen molar-refractivity contribution in [2.45, 2.75) is 19.9 Å². The monoisotopic (exact) mass is 181 g/mol. The van der Waals surface area contributed by atoms with E-state index < -0.39 is 0 Å². The van der Waals surface area contributed by atoms with E-state index in [0.29, 0.717) is 5.56 Å². The quantitative estimate of drug-likeness (QED) is 0.651. The Bertz CT molecular complexity index is 277. The minimum atomic E-state index is -0.332. The van der Waals surface area contributed by atoms with Gasteiger partial charge in [-0.1, -0.05) is 19.9 Å². The van der Waals surface area contributed by atoms with Crippen LogP contribution in [0.3, 0.4) is 0 Å². The number of phenols is 2. The summed E-state index contributed by atoms with van der Waals surface area (Å²) in [6, 6.07) is 4.30. The predicted octanol–water partition coefficient (Wildman–Crippen LogP) is 1.75. The fourth-order valence-electron chi connectivity index (χ4n) is 1.22. The first kappa shape index (κ1) is 9.86. The molecule has 0 fully saturated rings. The van der Waals surface area contributed by atoms with Gasteiger partial charge in [0.2, 0.25) is 0 Å². The molecule has 1 atom stereocenters. The van der Waals surface area contributed by atoms with Gasteiger partial charge in [-0.2, -0.15) is 0 Å². The van der Waals surface area contributed by atoms with Crippen LogP contribution in [0.2, 0.25) is 0 Å². The fraction of sp³-hybridized carbons (Fsp3) is 0.400. The lowest BCUT2D eigenvalue weighted by atomic mass is 9.95. The summed E-state index contributed by atoms with van der Waals surface area (Å²) in [6.07, 6.45) is 0. The predicted molar refractivity (Wildman–Crippen MR) is 51.5 cm³/mol. The van der Waals surface area contributed by atoms with Crippen molar-refractivity contribution >= 4 is 0 Å². The van der Waals surface area contributed by atoms with Gasteiger partial charge in [-0.3, -0.25) is 0 Å². The maximum atomic E-state index is 9.47. The van der Waals surface area contributed by atoms with Crippen molar-refractivity contribution in [3.63, 3.8) is 0 Å². The number of hydrogen-bond acceptors (Lipinski definition) is 3. The average Bonchev–Trinajstić information content (AvgIpc) is 2.03. The lowest BCUT2D eigenvalue weighted by Crippen LogP contribution is -2.16. The first-order chi connectivity index (χ1) is 6.04. The smallest absolute Gasteiger partial charge is 0.124 e. The highest BCUT2D eigenvalue weighted by molar-refractivity contribution is 5.45. The van der Waals surface area contributed by atoms with Crippen molar-refractivity contribution < 1.29 is 10.2 Å². The molecule has 0 aliphatic rings. The van der Waals surface area contributed by atoms with E-state index in [0.717, 1.165) is 0 Å². The molecule has 0 bridgehead atoms. The van der Waals surface area contributed by atoms with Crippen LogP contribution in [0.1, 0.15) is 25.5 Å². The minimum Gasteiger partial charge on any atom is -0.507 e. The molecule has 1 aromatic rings. The second-order valence-electron chi connectivity index (χ2n) is 3.48. The topological polar surface area (TPSA) is 66.5 Å². The molecule has 0 amide bonds. The van der Waals surface area contributed by atoms with E-state index in [-0.39, 0.29) is 23.5 Å². The van der Waals surface area contributed by atoms with Crippen LogP contribution >= 0.6 is 0 Å². The number of rotatable bonds is 2. The van der Waals surface area contributed by atoms with Crippen molar-refractivity contribution in [3.05, 3.63) is 23.8 Å². The van der Waals surface area contributed by atoms with Crippen molar-refractivity contribution in [2.24, 2.45) is 11.7 Å². The summed E-state index contributed by atoms with van der Waals surface area (Å²) >= 11 is 0. The van der Waals surface area contributed by atoms with Gasteiger partial charge in [0.25, 0.3) is 0 Å². The Morgan fingerprint density at radius 3 is 2.00 bits per heavy atom. The minimum absolute atomic E-state index is 0.0567. The maximum Gasteiger partial charge on any atom is 0.124 e. The van der Waals surface area contributed by atoms with Crippen LogP contribution in [0.4, 0.5) is 0 Å². The molecule has 0 saturated heterocycles. The molecular formula is C10H15NO2. The van der Waals surface area contributed by atoms with Crippen LogP contribution in [0, 0.1) is 5.92 Å². The van der Waals surface area contributed by atoms with Gasteiger partial charge >= 0.3 is 0 Å². The van der Waals surface area contributed by atoms with E-state index in [1.165, 1.54) is 12.1 Å². The molecule has 3 nitrogen and oxygen atoms in total. The van der Waals surface area contributed by atoms with Gasteiger partial charge in [-0.05, 0) is 18.1 Å². The molecule has 72 valence electrons. The zero-order valence-electron chi connectivity index (χ0n) is 7.86. The molecule has 4 N–H and O–H groups in total. The van der Waals surface area contributed by atoms with Gasteiger partial charge in [0.05, 0.1) is 5.56 Å². The Labute approximate surface area is 77.8 Å². The summed E-state index contributed by atoms with van der Waals surface area (Å²) in [6.45, 7) is 3.88. The van der Waals surface area contributed by atoms with Gasteiger partial charge in [0.1, 0.15) is 11.5 Å². The third-order valence-electron chi connectivity index (χ3n) is 2.11. The second kappa shape index (κ2) is 3.66. The molecule has 0 radical (unpaired) electrons. The Morgan fingerprint density at radius 2 is 1.62 bits per heavy atom. The molecule has 0 heterocycles. The third kappa shape index (κ3) is 1.92. The van der Waals surface area contributed by atoms with E-state index in [1.54, 1.807) is 6.07 Å². The summed E-state index contributed by atoms with van der Waals surface area (Å²) in [7, 11) is 0. The molecule has 0 spiro atoms. The van der Waals surface area contributed by atoms with Crippen LogP contribution in [0.15, 0.2) is 18.2 Å². The zero-order chi connectivity index (χ0) is 10.0. The van der Waals surface area contributed by atoms with Crippen molar-refractivity contribution in [3.8, 4) is 11.5 Å². The Kier molecular flexibility index (Phi) is 2.78. The highest BCUT2D eigenvalue weighted by Crippen LogP contribution is 2.34. The molecule has 0 unspecified atom stereocenters. The fourth-order valence-corrected chi connectivity index (χ4v) is 1.22. The first-order valence-corrected chi connectivity index (χ1v) is 4.30. The molecule has 0 aliphatic carbocycles. The average molecular weight is 181 g/mol. The maximum absolute atomic E-state index is 9.47. The van der Waals surface area contributed by atoms with Crippen molar-refractivity contribution in [2.75, 3.05) is 0 Å². The Balaban J connectivity index is 3.12. The lowest BCUT2D eigenvalue weighted by Gasteiger charge is -2.18. The second-order valence-corrected chi connectivity index (χ2v) is 3.48. The van der Waals surface area contributed by atoms with Crippen molar-refractivity contribution in [1.82, 2.24) is 0 Å². The first-order valence-electron chi connectivity index (χ1n) is 4.30. The van der Waals surface area contributed by atoms with Crippen molar-refractivity contribution in [1.29, 1.82) is 0 Å². The molecule has 13 heavy (non-hydrogen) atoms. The number of aromatic hydroxyl groups is 2. The molecule has 0 saturated carbocycles. The molecule has 0 aliphatic heterocycles. The summed E-state index contributed by atoms with van der Waals surface area (Å²) in [4.78, 5) is 0. The van der Waals surface area contributed by atoms with Gasteiger partial charge in [0, 0.05) is 6.04 Å². The SMILES string of the molecule is CC(C)[C@@H](N)c1c(O)cccc1O. The Morgan fingerprint density at radius 1 is 1.15 bits per heavy atom.